The Balaban J connectivity index is 1.51. The Hall–Kier alpha value is -2.87. The van der Waals surface area contributed by atoms with E-state index in [0.717, 1.165) is 22.0 Å². The summed E-state index contributed by atoms with van der Waals surface area (Å²) in [5.41, 5.74) is 2.66. The number of amides is 1. The Morgan fingerprint density at radius 1 is 1.27 bits per heavy atom. The van der Waals surface area contributed by atoms with Crippen molar-refractivity contribution in [3.8, 4) is 11.1 Å². The largest absolute Gasteiger partial charge is 0.310 e. The number of aryl methyl sites for hydroxylation is 1. The van der Waals surface area contributed by atoms with Crippen LogP contribution in [0.2, 0.25) is 0 Å². The molecular formula is C18H19FN6O. The predicted octanol–water partition coefficient (Wildman–Crippen LogP) is 2.01. The van der Waals surface area contributed by atoms with Gasteiger partial charge in [-0.3, -0.25) is 19.4 Å². The molecule has 8 heteroatoms. The van der Waals surface area contributed by atoms with Crippen LogP contribution in [0.3, 0.4) is 0 Å². The fourth-order valence-corrected chi connectivity index (χ4v) is 3.14. The SMILES string of the molecule is Cn1cc(-c2cnc3cnc(NC(=O)CN4CC[C@H](F)C4)cc3c2)cn1. The van der Waals surface area contributed by atoms with Crippen LogP contribution in [-0.4, -0.2) is 56.4 Å². The summed E-state index contributed by atoms with van der Waals surface area (Å²) in [4.78, 5) is 22.6. The van der Waals surface area contributed by atoms with Crippen molar-refractivity contribution in [1.29, 1.82) is 0 Å². The van der Waals surface area contributed by atoms with Crippen molar-refractivity contribution in [3.05, 3.63) is 36.9 Å². The molecule has 0 saturated carbocycles. The first-order valence-corrected chi connectivity index (χ1v) is 8.48. The number of likely N-dealkylation sites (tertiary alicyclic amines) is 1. The molecule has 1 amide bonds. The lowest BCUT2D eigenvalue weighted by atomic mass is 10.1. The molecule has 1 saturated heterocycles. The normalized spacial score (nSPS) is 17.7. The second-order valence-corrected chi connectivity index (χ2v) is 6.56. The number of nitrogens with one attached hydrogen (secondary N) is 1. The zero-order chi connectivity index (χ0) is 18.1. The average Bonchev–Trinajstić information content (AvgIpc) is 3.22. The quantitative estimate of drug-likeness (QED) is 0.776. The van der Waals surface area contributed by atoms with Crippen molar-refractivity contribution in [2.75, 3.05) is 25.0 Å². The van der Waals surface area contributed by atoms with E-state index in [1.54, 1.807) is 29.3 Å². The molecule has 1 fully saturated rings. The molecule has 4 heterocycles. The van der Waals surface area contributed by atoms with Crippen LogP contribution >= 0.6 is 0 Å². The zero-order valence-corrected chi connectivity index (χ0v) is 14.4. The third kappa shape index (κ3) is 3.55. The van der Waals surface area contributed by atoms with Crippen LogP contribution in [0.4, 0.5) is 10.2 Å². The van der Waals surface area contributed by atoms with Gasteiger partial charge in [-0.25, -0.2) is 9.37 Å². The van der Waals surface area contributed by atoms with E-state index in [2.05, 4.69) is 20.4 Å². The third-order valence-electron chi connectivity index (χ3n) is 4.46. The average molecular weight is 354 g/mol. The van der Waals surface area contributed by atoms with E-state index in [4.69, 9.17) is 0 Å². The summed E-state index contributed by atoms with van der Waals surface area (Å²) < 4.78 is 14.9. The molecule has 1 atom stereocenters. The standard InChI is InChI=1S/C18H19FN6O/c1-24-9-14(7-22-24)13-4-12-5-17(21-8-16(12)20-6-13)23-18(26)11-25-3-2-15(19)10-25/h4-9,15H,2-3,10-11H2,1H3,(H,21,23,26)/t15-/m0/s1. The number of carbonyl (C=O) groups excluding carboxylic acids is 1. The van der Waals surface area contributed by atoms with Gasteiger partial charge in [-0.2, -0.15) is 5.10 Å². The smallest absolute Gasteiger partial charge is 0.239 e. The molecule has 0 radical (unpaired) electrons. The molecule has 134 valence electrons. The Kier molecular flexibility index (Phi) is 4.34. The lowest BCUT2D eigenvalue weighted by molar-refractivity contribution is -0.117. The molecule has 0 unspecified atom stereocenters. The highest BCUT2D eigenvalue weighted by Crippen LogP contribution is 2.23. The number of nitrogens with zero attached hydrogens (tertiary/aromatic N) is 5. The molecule has 7 nitrogen and oxygen atoms in total. The summed E-state index contributed by atoms with van der Waals surface area (Å²) in [6.45, 7) is 1.10. The molecular weight excluding hydrogens is 335 g/mol. The molecule has 0 bridgehead atoms. The first kappa shape index (κ1) is 16.6. The van der Waals surface area contributed by atoms with Crippen molar-refractivity contribution < 1.29 is 9.18 Å². The fourth-order valence-electron chi connectivity index (χ4n) is 3.14. The minimum atomic E-state index is -0.835. The van der Waals surface area contributed by atoms with E-state index in [0.29, 0.717) is 25.3 Å². The minimum absolute atomic E-state index is 0.175. The summed E-state index contributed by atoms with van der Waals surface area (Å²) in [6.07, 6.45) is 6.76. The predicted molar refractivity (Wildman–Crippen MR) is 96.3 cm³/mol. The second-order valence-electron chi connectivity index (χ2n) is 6.56. The number of hydrogen-bond acceptors (Lipinski definition) is 5. The van der Waals surface area contributed by atoms with Gasteiger partial charge in [0.1, 0.15) is 12.0 Å². The number of pyridine rings is 2. The van der Waals surface area contributed by atoms with E-state index >= 15 is 0 Å². The monoisotopic (exact) mass is 354 g/mol. The van der Waals surface area contributed by atoms with Crippen molar-refractivity contribution in [1.82, 2.24) is 24.6 Å². The highest BCUT2D eigenvalue weighted by molar-refractivity contribution is 5.93. The summed E-state index contributed by atoms with van der Waals surface area (Å²) >= 11 is 0. The lowest BCUT2D eigenvalue weighted by Gasteiger charge is -2.14. The fraction of sp³-hybridized carbons (Fsp3) is 0.333. The molecule has 3 aromatic rings. The molecule has 26 heavy (non-hydrogen) atoms. The van der Waals surface area contributed by atoms with Crippen LogP contribution < -0.4 is 5.32 Å². The van der Waals surface area contributed by atoms with Crippen LogP contribution in [0.25, 0.3) is 22.0 Å². The van der Waals surface area contributed by atoms with E-state index in [1.165, 1.54) is 0 Å². The number of fused-ring (bicyclic) bond motifs is 1. The van der Waals surface area contributed by atoms with Crippen molar-refractivity contribution in [2.45, 2.75) is 12.6 Å². The maximum Gasteiger partial charge on any atom is 0.239 e. The molecule has 0 aromatic carbocycles. The van der Waals surface area contributed by atoms with Crippen LogP contribution in [0.5, 0.6) is 0 Å². The van der Waals surface area contributed by atoms with E-state index in [9.17, 15) is 9.18 Å². The molecule has 1 aliphatic heterocycles. The van der Waals surface area contributed by atoms with Crippen molar-refractivity contribution in [2.24, 2.45) is 7.05 Å². The minimum Gasteiger partial charge on any atom is -0.310 e. The van der Waals surface area contributed by atoms with Crippen LogP contribution in [0.15, 0.2) is 36.9 Å². The van der Waals surface area contributed by atoms with Gasteiger partial charge in [0.25, 0.3) is 0 Å². The number of anilines is 1. The number of rotatable bonds is 4. The Labute approximate surface area is 149 Å². The zero-order valence-electron chi connectivity index (χ0n) is 14.4. The first-order chi connectivity index (χ1) is 12.6. The van der Waals surface area contributed by atoms with Gasteiger partial charge in [0.15, 0.2) is 0 Å². The second kappa shape index (κ2) is 6.80. The van der Waals surface area contributed by atoms with E-state index in [1.807, 2.05) is 24.2 Å². The number of carbonyl (C=O) groups is 1. The van der Waals surface area contributed by atoms with Crippen LogP contribution in [0.1, 0.15) is 6.42 Å². The number of aromatic nitrogens is 4. The van der Waals surface area contributed by atoms with Gasteiger partial charge < -0.3 is 5.32 Å². The summed E-state index contributed by atoms with van der Waals surface area (Å²) in [7, 11) is 1.86. The maximum absolute atomic E-state index is 13.2. The number of alkyl halides is 1. The molecule has 3 aromatic heterocycles. The van der Waals surface area contributed by atoms with Gasteiger partial charge in [-0.05, 0) is 18.6 Å². The molecule has 1 aliphatic rings. The summed E-state index contributed by atoms with van der Waals surface area (Å²) in [6, 6.07) is 3.78. The number of halogens is 1. The van der Waals surface area contributed by atoms with Gasteiger partial charge in [0.2, 0.25) is 5.91 Å². The van der Waals surface area contributed by atoms with Gasteiger partial charge >= 0.3 is 0 Å². The Morgan fingerprint density at radius 3 is 2.88 bits per heavy atom. The van der Waals surface area contributed by atoms with Crippen molar-refractivity contribution >= 4 is 22.6 Å². The lowest BCUT2D eigenvalue weighted by Crippen LogP contribution is -2.32. The highest BCUT2D eigenvalue weighted by Gasteiger charge is 2.23. The molecule has 0 spiro atoms. The first-order valence-electron chi connectivity index (χ1n) is 8.48. The summed E-state index contributed by atoms with van der Waals surface area (Å²) in [5, 5.41) is 7.83. The van der Waals surface area contributed by atoms with Crippen LogP contribution in [-0.2, 0) is 11.8 Å². The molecule has 1 N–H and O–H groups in total. The van der Waals surface area contributed by atoms with Gasteiger partial charge in [0.05, 0.1) is 24.5 Å². The van der Waals surface area contributed by atoms with Crippen LogP contribution in [0, 0.1) is 0 Å². The van der Waals surface area contributed by atoms with Gasteiger partial charge in [-0.15, -0.1) is 0 Å². The maximum atomic E-state index is 13.2. The topological polar surface area (TPSA) is 75.9 Å². The van der Waals surface area contributed by atoms with E-state index < -0.39 is 6.17 Å². The Bertz CT molecular complexity index is 956. The van der Waals surface area contributed by atoms with Gasteiger partial charge in [-0.1, -0.05) is 0 Å². The highest BCUT2D eigenvalue weighted by atomic mass is 19.1. The van der Waals surface area contributed by atoms with Gasteiger partial charge in [0, 0.05) is 49.0 Å². The molecule has 4 rings (SSSR count). The Morgan fingerprint density at radius 2 is 2.15 bits per heavy atom. The number of hydrogen-bond donors (Lipinski definition) is 1. The van der Waals surface area contributed by atoms with E-state index in [-0.39, 0.29) is 12.5 Å². The summed E-state index contributed by atoms with van der Waals surface area (Å²) in [5.74, 6) is 0.269. The third-order valence-corrected chi connectivity index (χ3v) is 4.46. The van der Waals surface area contributed by atoms with Crippen molar-refractivity contribution in [3.63, 3.8) is 0 Å². The molecule has 0 aliphatic carbocycles.